The quantitative estimate of drug-likeness (QED) is 0.849. The van der Waals surface area contributed by atoms with Crippen LogP contribution in [0.2, 0.25) is 0 Å². The molecule has 2 aromatic rings. The van der Waals surface area contributed by atoms with Crippen LogP contribution in [0.1, 0.15) is 6.92 Å². The van der Waals surface area contributed by atoms with Gasteiger partial charge in [0.1, 0.15) is 11.5 Å². The molecule has 1 atom stereocenters. The van der Waals surface area contributed by atoms with Gasteiger partial charge in [-0.05, 0) is 31.2 Å². The van der Waals surface area contributed by atoms with E-state index >= 15 is 0 Å². The van der Waals surface area contributed by atoms with E-state index in [-0.39, 0.29) is 11.9 Å². The third-order valence-electron chi connectivity index (χ3n) is 5.00. The number of hydrogen-bond donors (Lipinski definition) is 1. The molecule has 0 bridgehead atoms. The van der Waals surface area contributed by atoms with Gasteiger partial charge >= 0.3 is 0 Å². The Hall–Kier alpha value is -2.73. The minimum atomic E-state index is -0.191. The van der Waals surface area contributed by atoms with Gasteiger partial charge in [0, 0.05) is 49.7 Å². The van der Waals surface area contributed by atoms with E-state index in [0.29, 0.717) is 0 Å². The lowest BCUT2D eigenvalue weighted by atomic mass is 10.2. The molecule has 0 aliphatic carbocycles. The SMILES string of the molecule is COc1cccc(NC(=O)[C@H](C)N2CCN(c3cccc(OC)c3)CC2)c1. The number of methoxy groups -OCH3 is 2. The summed E-state index contributed by atoms with van der Waals surface area (Å²) < 4.78 is 10.5. The maximum Gasteiger partial charge on any atom is 0.241 e. The Kier molecular flexibility index (Phi) is 6.19. The van der Waals surface area contributed by atoms with Crippen LogP contribution in [0, 0.1) is 0 Å². The molecule has 1 fully saturated rings. The Morgan fingerprint density at radius 2 is 1.59 bits per heavy atom. The van der Waals surface area contributed by atoms with Gasteiger partial charge in [-0.3, -0.25) is 9.69 Å². The van der Waals surface area contributed by atoms with Crippen LogP contribution in [0.5, 0.6) is 11.5 Å². The highest BCUT2D eigenvalue weighted by Gasteiger charge is 2.26. The van der Waals surface area contributed by atoms with Crippen LogP contribution < -0.4 is 19.7 Å². The van der Waals surface area contributed by atoms with Gasteiger partial charge in [0.05, 0.1) is 20.3 Å². The van der Waals surface area contributed by atoms with Gasteiger partial charge in [-0.1, -0.05) is 12.1 Å². The lowest BCUT2D eigenvalue weighted by Crippen LogP contribution is -2.52. The van der Waals surface area contributed by atoms with Crippen LogP contribution in [0.4, 0.5) is 11.4 Å². The first-order valence-electron chi connectivity index (χ1n) is 9.18. The van der Waals surface area contributed by atoms with Gasteiger partial charge < -0.3 is 19.7 Å². The fourth-order valence-corrected chi connectivity index (χ4v) is 3.29. The lowest BCUT2D eigenvalue weighted by Gasteiger charge is -2.38. The van der Waals surface area contributed by atoms with Crippen LogP contribution >= 0.6 is 0 Å². The highest BCUT2D eigenvalue weighted by Crippen LogP contribution is 2.23. The summed E-state index contributed by atoms with van der Waals surface area (Å²) in [6.45, 7) is 5.39. The number of rotatable bonds is 6. The van der Waals surface area contributed by atoms with Crippen molar-refractivity contribution >= 4 is 17.3 Å². The van der Waals surface area contributed by atoms with Crippen molar-refractivity contribution in [1.29, 1.82) is 0 Å². The Labute approximate surface area is 160 Å². The van der Waals surface area contributed by atoms with Crippen LogP contribution in [-0.4, -0.2) is 57.2 Å². The average molecular weight is 369 g/mol. The molecule has 1 aliphatic heterocycles. The number of carbonyl (C=O) groups is 1. The molecule has 1 N–H and O–H groups in total. The number of anilines is 2. The highest BCUT2D eigenvalue weighted by atomic mass is 16.5. The fraction of sp³-hybridized carbons (Fsp3) is 0.381. The number of amides is 1. The lowest BCUT2D eigenvalue weighted by molar-refractivity contribution is -0.120. The summed E-state index contributed by atoms with van der Waals surface area (Å²) in [5, 5.41) is 2.98. The smallest absolute Gasteiger partial charge is 0.241 e. The molecule has 1 amide bonds. The number of ether oxygens (including phenoxy) is 2. The normalized spacial score (nSPS) is 15.9. The molecule has 0 saturated carbocycles. The van der Waals surface area contributed by atoms with Gasteiger partial charge in [-0.25, -0.2) is 0 Å². The van der Waals surface area contributed by atoms with E-state index < -0.39 is 0 Å². The Morgan fingerprint density at radius 3 is 2.26 bits per heavy atom. The summed E-state index contributed by atoms with van der Waals surface area (Å²) in [7, 11) is 3.30. The zero-order valence-electron chi connectivity index (χ0n) is 16.1. The number of nitrogens with zero attached hydrogens (tertiary/aromatic N) is 2. The van der Waals surface area contributed by atoms with Gasteiger partial charge in [0.2, 0.25) is 5.91 Å². The first-order chi connectivity index (χ1) is 13.1. The van der Waals surface area contributed by atoms with Crippen molar-refractivity contribution in [1.82, 2.24) is 4.90 Å². The monoisotopic (exact) mass is 369 g/mol. The average Bonchev–Trinajstić information content (AvgIpc) is 2.73. The molecule has 6 heteroatoms. The first kappa shape index (κ1) is 19.0. The summed E-state index contributed by atoms with van der Waals surface area (Å²) in [4.78, 5) is 17.2. The van der Waals surface area contributed by atoms with Crippen LogP contribution in [0.3, 0.4) is 0 Å². The summed E-state index contributed by atoms with van der Waals surface area (Å²) in [6, 6.07) is 15.3. The number of piperazine rings is 1. The zero-order chi connectivity index (χ0) is 19.2. The van der Waals surface area contributed by atoms with Crippen molar-refractivity contribution in [3.63, 3.8) is 0 Å². The third-order valence-corrected chi connectivity index (χ3v) is 5.00. The van der Waals surface area contributed by atoms with E-state index in [1.165, 1.54) is 0 Å². The van der Waals surface area contributed by atoms with Crippen molar-refractivity contribution in [3.8, 4) is 11.5 Å². The second kappa shape index (κ2) is 8.77. The molecule has 27 heavy (non-hydrogen) atoms. The van der Waals surface area contributed by atoms with Crippen molar-refractivity contribution in [3.05, 3.63) is 48.5 Å². The van der Waals surface area contributed by atoms with Crippen LogP contribution in [-0.2, 0) is 4.79 Å². The van der Waals surface area contributed by atoms with Crippen LogP contribution in [0.15, 0.2) is 48.5 Å². The summed E-state index contributed by atoms with van der Waals surface area (Å²) in [5.41, 5.74) is 1.91. The highest BCUT2D eigenvalue weighted by molar-refractivity contribution is 5.94. The Bertz CT molecular complexity index is 773. The standard InChI is InChI=1S/C21H27N3O3/c1-16(21(25)22-17-6-4-8-19(14-17)26-2)23-10-12-24(13-11-23)18-7-5-9-20(15-18)27-3/h4-9,14-16H,10-13H2,1-3H3,(H,22,25)/t16-/m0/s1. The summed E-state index contributed by atoms with van der Waals surface area (Å²) in [5.74, 6) is 1.59. The molecule has 3 rings (SSSR count). The summed E-state index contributed by atoms with van der Waals surface area (Å²) in [6.07, 6.45) is 0. The van der Waals surface area contributed by atoms with Crippen LogP contribution in [0.25, 0.3) is 0 Å². The number of benzene rings is 2. The van der Waals surface area contributed by atoms with Crippen molar-refractivity contribution in [2.75, 3.05) is 50.6 Å². The minimum Gasteiger partial charge on any atom is -0.497 e. The second-order valence-corrected chi connectivity index (χ2v) is 6.62. The Balaban J connectivity index is 1.55. The molecule has 144 valence electrons. The maximum atomic E-state index is 12.6. The molecule has 0 radical (unpaired) electrons. The number of hydrogen-bond acceptors (Lipinski definition) is 5. The van der Waals surface area contributed by atoms with E-state index in [2.05, 4.69) is 27.2 Å². The number of carbonyl (C=O) groups excluding carboxylic acids is 1. The Morgan fingerprint density at radius 1 is 0.963 bits per heavy atom. The van der Waals surface area contributed by atoms with Crippen molar-refractivity contribution < 1.29 is 14.3 Å². The van der Waals surface area contributed by atoms with E-state index in [0.717, 1.165) is 49.1 Å². The zero-order valence-corrected chi connectivity index (χ0v) is 16.1. The second-order valence-electron chi connectivity index (χ2n) is 6.62. The molecule has 0 aromatic heterocycles. The van der Waals surface area contributed by atoms with E-state index in [4.69, 9.17) is 9.47 Å². The van der Waals surface area contributed by atoms with E-state index in [1.54, 1.807) is 14.2 Å². The van der Waals surface area contributed by atoms with E-state index in [9.17, 15) is 4.79 Å². The van der Waals surface area contributed by atoms with Gasteiger partial charge in [0.25, 0.3) is 0 Å². The molecule has 1 heterocycles. The topological polar surface area (TPSA) is 54.0 Å². The molecule has 0 spiro atoms. The fourth-order valence-electron chi connectivity index (χ4n) is 3.29. The van der Waals surface area contributed by atoms with Crippen molar-refractivity contribution in [2.45, 2.75) is 13.0 Å². The molecule has 1 aliphatic rings. The number of nitrogens with one attached hydrogen (secondary N) is 1. The summed E-state index contributed by atoms with van der Waals surface area (Å²) >= 11 is 0. The van der Waals surface area contributed by atoms with E-state index in [1.807, 2.05) is 43.3 Å². The molecule has 6 nitrogen and oxygen atoms in total. The minimum absolute atomic E-state index is 0.00177. The molecule has 1 saturated heterocycles. The molecular weight excluding hydrogens is 342 g/mol. The first-order valence-corrected chi connectivity index (χ1v) is 9.18. The maximum absolute atomic E-state index is 12.6. The molecule has 2 aromatic carbocycles. The molecule has 0 unspecified atom stereocenters. The predicted molar refractivity (Wildman–Crippen MR) is 108 cm³/mol. The van der Waals surface area contributed by atoms with Gasteiger partial charge in [-0.15, -0.1) is 0 Å². The van der Waals surface area contributed by atoms with Crippen molar-refractivity contribution in [2.24, 2.45) is 0 Å². The predicted octanol–water partition coefficient (Wildman–Crippen LogP) is 2.85. The molecular formula is C21H27N3O3. The third kappa shape index (κ3) is 4.71. The van der Waals surface area contributed by atoms with Gasteiger partial charge in [-0.2, -0.15) is 0 Å². The van der Waals surface area contributed by atoms with Gasteiger partial charge in [0.15, 0.2) is 0 Å². The largest absolute Gasteiger partial charge is 0.497 e.